The van der Waals surface area contributed by atoms with Gasteiger partial charge in [-0.1, -0.05) is 50.2 Å². The summed E-state index contributed by atoms with van der Waals surface area (Å²) >= 11 is 0. The van der Waals surface area contributed by atoms with E-state index in [2.05, 4.69) is 28.8 Å². The molecule has 0 saturated heterocycles. The number of carbonyl (C=O) groups excluding carboxylic acids is 2. The first-order chi connectivity index (χ1) is 19.4. The molecule has 2 aliphatic rings. The van der Waals surface area contributed by atoms with Crippen LogP contribution in [0.4, 0.5) is 13.2 Å². The number of alkyl halides is 3. The Morgan fingerprint density at radius 3 is 2.24 bits per heavy atom. The van der Waals surface area contributed by atoms with Crippen molar-refractivity contribution in [3.8, 4) is 0 Å². The highest BCUT2D eigenvalue weighted by Crippen LogP contribution is 2.42. The summed E-state index contributed by atoms with van der Waals surface area (Å²) in [5, 5.41) is 0. The minimum absolute atomic E-state index is 0.0185. The Balaban J connectivity index is 1.50. The van der Waals surface area contributed by atoms with Crippen LogP contribution in [0, 0.1) is 5.92 Å². The van der Waals surface area contributed by atoms with Crippen molar-refractivity contribution in [3.63, 3.8) is 0 Å². The van der Waals surface area contributed by atoms with Crippen LogP contribution < -0.4 is 5.73 Å². The van der Waals surface area contributed by atoms with Gasteiger partial charge in [-0.05, 0) is 48.9 Å². The molecule has 0 spiro atoms. The third kappa shape index (κ3) is 5.16. The second-order valence-electron chi connectivity index (χ2n) is 10.9. The Bertz CT molecular complexity index is 1480. The Morgan fingerprint density at radius 1 is 1.02 bits per heavy atom. The molecule has 2 N–H and O–H groups in total. The molecule has 2 atom stereocenters. The molecule has 11 heteroatoms. The maximum atomic E-state index is 14.1. The van der Waals surface area contributed by atoms with E-state index in [0.29, 0.717) is 41.3 Å². The molecule has 2 amide bonds. The lowest BCUT2D eigenvalue weighted by Gasteiger charge is -2.30. The molecule has 0 saturated carbocycles. The number of carbonyl (C=O) groups is 2. The van der Waals surface area contributed by atoms with Gasteiger partial charge in [0.25, 0.3) is 11.8 Å². The fourth-order valence-corrected chi connectivity index (χ4v) is 5.47. The van der Waals surface area contributed by atoms with Crippen molar-refractivity contribution in [1.82, 2.24) is 19.8 Å². The fraction of sp³-hybridized carbons (Fsp3) is 0.367. The van der Waals surface area contributed by atoms with E-state index in [1.807, 2.05) is 30.3 Å². The smallest absolute Gasteiger partial charge is 0.369 e. The molecule has 0 unspecified atom stereocenters. The van der Waals surface area contributed by atoms with Crippen molar-refractivity contribution in [2.75, 3.05) is 0 Å². The molecular weight excluding hydrogens is 533 g/mol. The molecule has 3 aromatic rings. The number of nitrogens with two attached hydrogens (primary N) is 1. The summed E-state index contributed by atoms with van der Waals surface area (Å²) in [7, 11) is 0. The van der Waals surface area contributed by atoms with Crippen molar-refractivity contribution in [2.24, 2.45) is 16.6 Å². The highest BCUT2D eigenvalue weighted by Gasteiger charge is 2.50. The third-order valence-electron chi connectivity index (χ3n) is 7.74. The van der Waals surface area contributed by atoms with E-state index in [9.17, 15) is 22.8 Å². The summed E-state index contributed by atoms with van der Waals surface area (Å²) in [6.07, 6.45) is -0.677. The van der Waals surface area contributed by atoms with E-state index in [1.165, 1.54) is 34.3 Å². The average Bonchev–Trinajstić information content (AvgIpc) is 3.49. The normalized spacial score (nSPS) is 19.5. The van der Waals surface area contributed by atoms with Gasteiger partial charge in [0, 0.05) is 12.4 Å². The van der Waals surface area contributed by atoms with Gasteiger partial charge in [-0.2, -0.15) is 13.2 Å². The lowest BCUT2D eigenvalue weighted by molar-refractivity contribution is -0.138. The van der Waals surface area contributed by atoms with Gasteiger partial charge in [0.2, 0.25) is 0 Å². The Kier molecular flexibility index (Phi) is 7.31. The van der Waals surface area contributed by atoms with Gasteiger partial charge in [0.1, 0.15) is 0 Å². The van der Waals surface area contributed by atoms with E-state index < -0.39 is 34.8 Å². The number of amides is 2. The number of benzene rings is 2. The zero-order valence-electron chi connectivity index (χ0n) is 23.0. The molecule has 2 aromatic carbocycles. The van der Waals surface area contributed by atoms with Crippen LogP contribution in [0.25, 0.3) is 0 Å². The number of guanidine groups is 1. The van der Waals surface area contributed by atoms with Crippen LogP contribution in [0.1, 0.15) is 78.1 Å². The van der Waals surface area contributed by atoms with E-state index in [4.69, 9.17) is 5.73 Å². The van der Waals surface area contributed by atoms with Gasteiger partial charge in [0.15, 0.2) is 11.5 Å². The standard InChI is InChI=1S/C30H31F3N6O2/c1-18(2)11-12-29(21-7-5-4-6-8-21)27(41)39(28(34)37-29)19(3)20-9-10-23(30(31,32)33)22(15-20)26(40)38-16-24-25(17-38)36-14-13-35-24/h4-10,13-15,18-19H,11-12,16-17H2,1-3H3,(H2,34,37)/t19-,29-/m1/s1. The van der Waals surface area contributed by atoms with E-state index in [1.54, 1.807) is 6.92 Å². The first-order valence-electron chi connectivity index (χ1n) is 13.5. The number of nitrogens with zero attached hydrogens (tertiary/aromatic N) is 5. The lowest BCUT2D eigenvalue weighted by Crippen LogP contribution is -2.44. The minimum Gasteiger partial charge on any atom is -0.369 e. The topological polar surface area (TPSA) is 105 Å². The van der Waals surface area contributed by atoms with Crippen molar-refractivity contribution in [3.05, 3.63) is 94.6 Å². The average molecular weight is 565 g/mol. The third-order valence-corrected chi connectivity index (χ3v) is 7.74. The number of rotatable bonds is 7. The predicted molar refractivity (Wildman–Crippen MR) is 146 cm³/mol. The summed E-state index contributed by atoms with van der Waals surface area (Å²) in [4.78, 5) is 43.2. The summed E-state index contributed by atoms with van der Waals surface area (Å²) in [6, 6.07) is 11.7. The molecule has 5 rings (SSSR count). The Labute approximate surface area is 236 Å². The molecule has 1 aromatic heterocycles. The van der Waals surface area contributed by atoms with Crippen LogP contribution >= 0.6 is 0 Å². The number of hydrogen-bond acceptors (Lipinski definition) is 6. The molecule has 2 aliphatic heterocycles. The van der Waals surface area contributed by atoms with Gasteiger partial charge in [-0.15, -0.1) is 0 Å². The molecular formula is C30H31F3N6O2. The Hall–Kier alpha value is -4.28. The SMILES string of the molecule is CC(C)CC[C@]1(c2ccccc2)N=C(N)N([C@H](C)c2ccc(C(F)(F)F)c(C(=O)N3Cc4nccnc4C3)c2)C1=O. The second kappa shape index (κ2) is 10.6. The van der Waals surface area contributed by atoms with Crippen molar-refractivity contribution in [2.45, 2.75) is 64.5 Å². The molecule has 3 heterocycles. The molecule has 0 bridgehead atoms. The number of aliphatic imine (C=N–C) groups is 1. The monoisotopic (exact) mass is 564 g/mol. The van der Waals surface area contributed by atoms with Gasteiger partial charge < -0.3 is 10.6 Å². The zero-order valence-corrected chi connectivity index (χ0v) is 23.0. The van der Waals surface area contributed by atoms with Gasteiger partial charge in [0.05, 0.1) is 41.6 Å². The first kappa shape index (κ1) is 28.3. The van der Waals surface area contributed by atoms with Crippen LogP contribution in [0.2, 0.25) is 0 Å². The minimum atomic E-state index is -4.76. The maximum Gasteiger partial charge on any atom is 0.417 e. The second-order valence-corrected chi connectivity index (χ2v) is 10.9. The number of aromatic nitrogens is 2. The van der Waals surface area contributed by atoms with Crippen LogP contribution in [0.15, 0.2) is 65.9 Å². The quantitative estimate of drug-likeness (QED) is 0.425. The highest BCUT2D eigenvalue weighted by molar-refractivity contribution is 6.07. The fourth-order valence-electron chi connectivity index (χ4n) is 5.47. The summed E-state index contributed by atoms with van der Waals surface area (Å²) < 4.78 is 42.2. The Morgan fingerprint density at radius 2 is 1.66 bits per heavy atom. The van der Waals surface area contributed by atoms with Gasteiger partial charge in [-0.25, -0.2) is 4.99 Å². The molecule has 0 aliphatic carbocycles. The van der Waals surface area contributed by atoms with E-state index in [-0.39, 0.29) is 25.0 Å². The number of halogens is 3. The van der Waals surface area contributed by atoms with Crippen LogP contribution in [0.5, 0.6) is 0 Å². The van der Waals surface area contributed by atoms with E-state index >= 15 is 0 Å². The summed E-state index contributed by atoms with van der Waals surface area (Å²) in [6.45, 7) is 5.88. The summed E-state index contributed by atoms with van der Waals surface area (Å²) in [5.41, 5.74) is 5.67. The van der Waals surface area contributed by atoms with Crippen LogP contribution in [-0.4, -0.2) is 37.5 Å². The zero-order chi connectivity index (χ0) is 29.5. The van der Waals surface area contributed by atoms with Crippen molar-refractivity contribution in [1.29, 1.82) is 0 Å². The number of fused-ring (bicyclic) bond motifs is 1. The van der Waals surface area contributed by atoms with Crippen molar-refractivity contribution >= 4 is 17.8 Å². The van der Waals surface area contributed by atoms with E-state index in [0.717, 1.165) is 6.07 Å². The summed E-state index contributed by atoms with van der Waals surface area (Å²) in [5.74, 6) is -0.864. The number of hydrogen-bond donors (Lipinski definition) is 1. The van der Waals surface area contributed by atoms with Gasteiger partial charge >= 0.3 is 6.18 Å². The van der Waals surface area contributed by atoms with Gasteiger partial charge in [-0.3, -0.25) is 24.5 Å². The molecule has 8 nitrogen and oxygen atoms in total. The molecule has 214 valence electrons. The predicted octanol–water partition coefficient (Wildman–Crippen LogP) is 5.20. The molecule has 0 fully saturated rings. The molecule has 0 radical (unpaired) electrons. The van der Waals surface area contributed by atoms with Crippen LogP contribution in [0.3, 0.4) is 0 Å². The lowest BCUT2D eigenvalue weighted by atomic mass is 9.83. The largest absolute Gasteiger partial charge is 0.417 e. The first-order valence-corrected chi connectivity index (χ1v) is 13.5. The van der Waals surface area contributed by atoms with Crippen molar-refractivity contribution < 1.29 is 22.8 Å². The van der Waals surface area contributed by atoms with Crippen LogP contribution in [-0.2, 0) is 29.6 Å². The molecule has 41 heavy (non-hydrogen) atoms. The highest BCUT2D eigenvalue weighted by atomic mass is 19.4. The maximum absolute atomic E-state index is 14.1.